The third-order valence-electron chi connectivity index (χ3n) is 4.75. The number of esters is 1. The molecule has 3 aromatic rings. The van der Waals surface area contributed by atoms with Crippen LogP contribution in [0.3, 0.4) is 0 Å². The minimum absolute atomic E-state index is 0.0146. The fraction of sp³-hybridized carbons (Fsp3) is 0.269. The Kier molecular flexibility index (Phi) is 12.6. The Hall–Kier alpha value is -2.27. The van der Waals surface area contributed by atoms with E-state index in [1.165, 1.54) is 14.7 Å². The number of hydrogen-bond donors (Lipinski definition) is 0. The molecule has 3 aromatic carbocycles. The van der Waals surface area contributed by atoms with Crippen molar-refractivity contribution >= 4 is 42.9 Å². The molecule has 0 heterocycles. The van der Waals surface area contributed by atoms with Crippen LogP contribution in [0, 0.1) is 0 Å². The third-order valence-corrected chi connectivity index (χ3v) is 8.34. The molecule has 0 amide bonds. The molecule has 0 aromatic heterocycles. The van der Waals surface area contributed by atoms with Gasteiger partial charge in [-0.25, -0.2) is 13.2 Å². The topological polar surface area (TPSA) is 83.5 Å². The molecule has 0 aliphatic rings. The van der Waals surface area contributed by atoms with E-state index in [-0.39, 0.29) is 17.5 Å². The Morgan fingerprint density at radius 3 is 1.53 bits per heavy atom. The minimum Gasteiger partial charge on any atom is -0.743 e. The summed E-state index contributed by atoms with van der Waals surface area (Å²) >= 11 is 3.20. The van der Waals surface area contributed by atoms with Gasteiger partial charge in [0.2, 0.25) is 0 Å². The highest BCUT2D eigenvalue weighted by atomic mass is 79.9. The van der Waals surface area contributed by atoms with Gasteiger partial charge in [-0.05, 0) is 49.2 Å². The van der Waals surface area contributed by atoms with Crippen LogP contribution in [-0.4, -0.2) is 36.1 Å². The van der Waals surface area contributed by atoms with Gasteiger partial charge in [0.25, 0.3) is 0 Å². The molecule has 0 N–H and O–H groups in total. The van der Waals surface area contributed by atoms with E-state index in [1.54, 1.807) is 0 Å². The quantitative estimate of drug-likeness (QED) is 0.0835. The largest absolute Gasteiger partial charge is 0.743 e. The van der Waals surface area contributed by atoms with Crippen LogP contribution in [0.2, 0.25) is 0 Å². The maximum absolute atomic E-state index is 12.6. The lowest BCUT2D eigenvalue weighted by Gasteiger charge is -2.17. The Labute approximate surface area is 222 Å². The van der Waals surface area contributed by atoms with E-state index < -0.39 is 21.3 Å². The average Bonchev–Trinajstić information content (AvgIpc) is 2.88. The van der Waals surface area contributed by atoms with Gasteiger partial charge in [0, 0.05) is 5.33 Å². The second kappa shape index (κ2) is 15.1. The lowest BCUT2D eigenvalue weighted by molar-refractivity contribution is -0.161. The van der Waals surface area contributed by atoms with Crippen LogP contribution >= 0.6 is 15.9 Å². The van der Waals surface area contributed by atoms with Crippen LogP contribution < -0.4 is 0 Å². The van der Waals surface area contributed by atoms with Crippen molar-refractivity contribution in [1.29, 1.82) is 0 Å². The van der Waals surface area contributed by atoms with Crippen molar-refractivity contribution in [3.8, 4) is 0 Å². The molecule has 0 saturated carbocycles. The lowest BCUT2D eigenvalue weighted by atomic mass is 10.2. The SMILES string of the molecule is O=C(OCCCCCCBr)C(F)(F)S(=O)(=O)[O-].c1ccc([S+](c2ccccc2)c2ccccc2)cc1. The molecule has 0 spiro atoms. The van der Waals surface area contributed by atoms with E-state index in [1.807, 2.05) is 0 Å². The van der Waals surface area contributed by atoms with Gasteiger partial charge in [0.05, 0.1) is 17.5 Å². The number of alkyl halides is 3. The number of unbranched alkanes of at least 4 members (excludes halogenated alkanes) is 3. The maximum atomic E-state index is 12.6. The molecule has 36 heavy (non-hydrogen) atoms. The van der Waals surface area contributed by atoms with Gasteiger partial charge in [-0.2, -0.15) is 8.78 Å². The molecule has 0 radical (unpaired) electrons. The third kappa shape index (κ3) is 9.31. The van der Waals surface area contributed by atoms with Crippen molar-refractivity contribution < 1.29 is 31.3 Å². The first-order valence-corrected chi connectivity index (χ1v) is 14.9. The Morgan fingerprint density at radius 1 is 0.778 bits per heavy atom. The molecular weight excluding hydrogens is 574 g/mol. The second-order valence-corrected chi connectivity index (χ2v) is 11.7. The van der Waals surface area contributed by atoms with Crippen LogP contribution in [0.25, 0.3) is 0 Å². The molecule has 10 heteroatoms. The van der Waals surface area contributed by atoms with Crippen LogP contribution in [0.4, 0.5) is 8.78 Å². The predicted octanol–water partition coefficient (Wildman–Crippen LogP) is 6.40. The fourth-order valence-corrected chi connectivity index (χ4v) is 5.74. The Bertz CT molecular complexity index is 1050. The lowest BCUT2D eigenvalue weighted by Crippen LogP contribution is -2.39. The van der Waals surface area contributed by atoms with Crippen LogP contribution in [0.5, 0.6) is 0 Å². The van der Waals surface area contributed by atoms with Gasteiger partial charge in [0.15, 0.2) is 24.8 Å². The summed E-state index contributed by atoms with van der Waals surface area (Å²) in [5, 5.41) is -4.19. The number of rotatable bonds is 11. The first kappa shape index (κ1) is 30.0. The standard InChI is InChI=1S/C18H15S.C8H13BrF2O5S/c1-4-10-16(11-5-1)19(17-12-6-2-7-13-17)18-14-8-3-9-15-18;9-5-3-1-2-4-6-16-7(12)8(10,11)17(13,14)15/h1-15H;1-6H2,(H,13,14,15)/q+1;/p-1. The smallest absolute Gasteiger partial charge is 0.428 e. The molecule has 0 aliphatic carbocycles. The van der Waals surface area contributed by atoms with Crippen molar-refractivity contribution in [2.45, 2.75) is 45.6 Å². The van der Waals surface area contributed by atoms with E-state index in [4.69, 9.17) is 0 Å². The second-order valence-electron chi connectivity index (χ2n) is 7.46. The van der Waals surface area contributed by atoms with Gasteiger partial charge in [0.1, 0.15) is 0 Å². The highest BCUT2D eigenvalue weighted by Gasteiger charge is 2.48. The average molecular weight is 602 g/mol. The summed E-state index contributed by atoms with van der Waals surface area (Å²) < 4.78 is 59.4. The molecule has 0 aliphatic heterocycles. The summed E-state index contributed by atoms with van der Waals surface area (Å²) in [6.07, 6.45) is 2.74. The first-order chi connectivity index (χ1) is 17.2. The zero-order chi connectivity index (χ0) is 26.4. The van der Waals surface area contributed by atoms with E-state index in [0.29, 0.717) is 12.8 Å². The minimum atomic E-state index is -6.02. The molecule has 0 fully saturated rings. The van der Waals surface area contributed by atoms with Crippen LogP contribution in [0.1, 0.15) is 25.7 Å². The molecule has 5 nitrogen and oxygen atoms in total. The van der Waals surface area contributed by atoms with Crippen LogP contribution in [-0.2, 0) is 30.5 Å². The summed E-state index contributed by atoms with van der Waals surface area (Å²) in [5.74, 6) is -2.31. The van der Waals surface area contributed by atoms with E-state index in [9.17, 15) is 26.5 Å². The number of halogens is 3. The molecule has 0 atom stereocenters. The molecular formula is C26H27BrF2O5S2. The number of ether oxygens (including phenoxy) is 1. The maximum Gasteiger partial charge on any atom is 0.428 e. The predicted molar refractivity (Wildman–Crippen MR) is 139 cm³/mol. The summed E-state index contributed by atoms with van der Waals surface area (Å²) in [6.45, 7) is -0.327. The molecule has 194 valence electrons. The van der Waals surface area contributed by atoms with Crippen molar-refractivity contribution in [2.24, 2.45) is 0 Å². The van der Waals surface area contributed by atoms with E-state index in [2.05, 4.69) is 112 Å². The summed E-state index contributed by atoms with van der Waals surface area (Å²) in [5.41, 5.74) is 0. The van der Waals surface area contributed by atoms with E-state index in [0.717, 1.165) is 18.2 Å². The highest BCUT2D eigenvalue weighted by Crippen LogP contribution is 2.30. The van der Waals surface area contributed by atoms with Crippen molar-refractivity contribution in [2.75, 3.05) is 11.9 Å². The Balaban J connectivity index is 0.000000256. The molecule has 0 bridgehead atoms. The van der Waals surface area contributed by atoms with Gasteiger partial charge in [-0.3, -0.25) is 0 Å². The van der Waals surface area contributed by atoms with Crippen LogP contribution in [0.15, 0.2) is 106 Å². The number of carbonyl (C=O) groups is 1. The van der Waals surface area contributed by atoms with Gasteiger partial charge < -0.3 is 9.29 Å². The highest BCUT2D eigenvalue weighted by molar-refractivity contribution is 9.09. The normalized spacial score (nSPS) is 11.5. The zero-order valence-electron chi connectivity index (χ0n) is 19.4. The molecule has 0 unspecified atom stereocenters. The van der Waals surface area contributed by atoms with Gasteiger partial charge >= 0.3 is 11.2 Å². The van der Waals surface area contributed by atoms with Crippen molar-refractivity contribution in [3.05, 3.63) is 91.0 Å². The number of carbonyl (C=O) groups excluding carboxylic acids is 1. The van der Waals surface area contributed by atoms with Gasteiger partial charge in [-0.15, -0.1) is 0 Å². The van der Waals surface area contributed by atoms with Gasteiger partial charge in [-0.1, -0.05) is 83.4 Å². The summed E-state index contributed by atoms with van der Waals surface area (Å²) in [6, 6.07) is 32.2. The van der Waals surface area contributed by atoms with Crippen molar-refractivity contribution in [1.82, 2.24) is 0 Å². The molecule has 0 saturated heterocycles. The monoisotopic (exact) mass is 600 g/mol. The molecule has 3 rings (SSSR count). The van der Waals surface area contributed by atoms with E-state index >= 15 is 0 Å². The zero-order valence-corrected chi connectivity index (χ0v) is 22.6. The fourth-order valence-electron chi connectivity index (χ4n) is 2.98. The first-order valence-electron chi connectivity index (χ1n) is 11.1. The number of hydrogen-bond acceptors (Lipinski definition) is 5. The Morgan fingerprint density at radius 2 is 1.17 bits per heavy atom. The number of benzene rings is 3. The summed E-state index contributed by atoms with van der Waals surface area (Å²) in [4.78, 5) is 14.7. The summed E-state index contributed by atoms with van der Waals surface area (Å²) in [7, 11) is -6.03. The van der Waals surface area contributed by atoms with Crippen molar-refractivity contribution in [3.63, 3.8) is 0 Å².